The Bertz CT molecular complexity index is 529. The first-order valence-corrected chi connectivity index (χ1v) is 7.08. The van der Waals surface area contributed by atoms with Crippen molar-refractivity contribution >= 4 is 0 Å². The Balaban J connectivity index is 2.19. The minimum absolute atomic E-state index is 0.915. The van der Waals surface area contributed by atoms with Crippen molar-refractivity contribution < 1.29 is 0 Å². The molecule has 3 heteroatoms. The minimum Gasteiger partial charge on any atom is -0.313 e. The Labute approximate surface area is 115 Å². The normalized spacial score (nSPS) is 10.9. The van der Waals surface area contributed by atoms with Crippen molar-refractivity contribution in [1.29, 1.82) is 0 Å². The molecule has 2 aromatic rings. The molecular weight excluding hydrogens is 234 g/mol. The summed E-state index contributed by atoms with van der Waals surface area (Å²) in [7, 11) is 0. The predicted octanol–water partition coefficient (Wildman–Crippen LogP) is 3.38. The van der Waals surface area contributed by atoms with E-state index in [1.54, 1.807) is 0 Å². The highest BCUT2D eigenvalue weighted by molar-refractivity contribution is 5.65. The van der Waals surface area contributed by atoms with Gasteiger partial charge in [-0.15, -0.1) is 0 Å². The van der Waals surface area contributed by atoms with Crippen LogP contribution in [-0.2, 0) is 13.1 Å². The van der Waals surface area contributed by atoms with Crippen LogP contribution in [0.25, 0.3) is 11.1 Å². The number of rotatable bonds is 6. The van der Waals surface area contributed by atoms with Crippen molar-refractivity contribution in [1.82, 2.24) is 15.1 Å². The summed E-state index contributed by atoms with van der Waals surface area (Å²) in [6.07, 6.45) is 3.30. The summed E-state index contributed by atoms with van der Waals surface area (Å²) >= 11 is 0. The van der Waals surface area contributed by atoms with Crippen molar-refractivity contribution in [2.75, 3.05) is 6.54 Å². The lowest BCUT2D eigenvalue weighted by atomic mass is 10.0. The molecule has 0 amide bonds. The minimum atomic E-state index is 0.915. The number of aromatic nitrogens is 2. The molecule has 0 aliphatic carbocycles. The first kappa shape index (κ1) is 13.8. The van der Waals surface area contributed by atoms with Gasteiger partial charge in [-0.3, -0.25) is 4.68 Å². The Kier molecular flexibility index (Phi) is 4.74. The SMILES string of the molecule is CCCNCc1cccc(-c2cn(CC)nc2C)c1. The molecule has 1 aromatic heterocycles. The van der Waals surface area contributed by atoms with Gasteiger partial charge in [0.1, 0.15) is 0 Å². The maximum atomic E-state index is 4.51. The van der Waals surface area contributed by atoms with Gasteiger partial charge in [0.15, 0.2) is 0 Å². The fraction of sp³-hybridized carbons (Fsp3) is 0.438. The maximum absolute atomic E-state index is 4.51. The van der Waals surface area contributed by atoms with Crippen LogP contribution in [0.1, 0.15) is 31.5 Å². The molecule has 1 aromatic carbocycles. The van der Waals surface area contributed by atoms with E-state index >= 15 is 0 Å². The van der Waals surface area contributed by atoms with Crippen LogP contribution in [0, 0.1) is 6.92 Å². The molecule has 0 fully saturated rings. The Hall–Kier alpha value is -1.61. The lowest BCUT2D eigenvalue weighted by Gasteiger charge is -2.06. The van der Waals surface area contributed by atoms with E-state index in [1.165, 1.54) is 23.1 Å². The van der Waals surface area contributed by atoms with E-state index in [0.717, 1.165) is 25.3 Å². The first-order valence-electron chi connectivity index (χ1n) is 7.08. The average Bonchev–Trinajstić information content (AvgIpc) is 2.81. The molecule has 3 nitrogen and oxygen atoms in total. The molecular formula is C16H23N3. The zero-order valence-corrected chi connectivity index (χ0v) is 12.1. The van der Waals surface area contributed by atoms with Gasteiger partial charge in [0.2, 0.25) is 0 Å². The summed E-state index contributed by atoms with van der Waals surface area (Å²) in [5.41, 5.74) is 4.92. The van der Waals surface area contributed by atoms with E-state index < -0.39 is 0 Å². The van der Waals surface area contributed by atoms with Crippen LogP contribution in [0.15, 0.2) is 30.5 Å². The van der Waals surface area contributed by atoms with E-state index in [0.29, 0.717) is 0 Å². The van der Waals surface area contributed by atoms with Gasteiger partial charge in [0.25, 0.3) is 0 Å². The van der Waals surface area contributed by atoms with Crippen LogP contribution in [0.4, 0.5) is 0 Å². The van der Waals surface area contributed by atoms with Crippen molar-refractivity contribution in [3.63, 3.8) is 0 Å². The van der Waals surface area contributed by atoms with Gasteiger partial charge in [0.05, 0.1) is 5.69 Å². The maximum Gasteiger partial charge on any atom is 0.0672 e. The van der Waals surface area contributed by atoms with Crippen LogP contribution >= 0.6 is 0 Å². The monoisotopic (exact) mass is 257 g/mol. The number of hydrogen-bond acceptors (Lipinski definition) is 2. The summed E-state index contributed by atoms with van der Waals surface area (Å²) in [5.74, 6) is 0. The van der Waals surface area contributed by atoms with Gasteiger partial charge in [-0.25, -0.2) is 0 Å². The van der Waals surface area contributed by atoms with Gasteiger partial charge in [0, 0.05) is 24.8 Å². The van der Waals surface area contributed by atoms with Crippen LogP contribution < -0.4 is 5.32 Å². The van der Waals surface area contributed by atoms with Gasteiger partial charge in [-0.1, -0.05) is 25.1 Å². The summed E-state index contributed by atoms with van der Waals surface area (Å²) in [4.78, 5) is 0. The van der Waals surface area contributed by atoms with E-state index in [9.17, 15) is 0 Å². The second kappa shape index (κ2) is 6.53. The van der Waals surface area contributed by atoms with Gasteiger partial charge < -0.3 is 5.32 Å². The fourth-order valence-corrected chi connectivity index (χ4v) is 2.22. The molecule has 0 bridgehead atoms. The molecule has 1 heterocycles. The number of hydrogen-bond donors (Lipinski definition) is 1. The fourth-order valence-electron chi connectivity index (χ4n) is 2.22. The summed E-state index contributed by atoms with van der Waals surface area (Å²) in [5, 5.41) is 7.95. The third kappa shape index (κ3) is 3.44. The number of benzene rings is 1. The highest BCUT2D eigenvalue weighted by Gasteiger charge is 2.07. The van der Waals surface area contributed by atoms with E-state index in [1.807, 2.05) is 4.68 Å². The molecule has 102 valence electrons. The molecule has 0 spiro atoms. The molecule has 1 N–H and O–H groups in total. The van der Waals surface area contributed by atoms with Crippen LogP contribution in [0.5, 0.6) is 0 Å². The first-order chi connectivity index (χ1) is 9.24. The second-order valence-electron chi connectivity index (χ2n) is 4.86. The van der Waals surface area contributed by atoms with Crippen molar-refractivity contribution in [3.8, 4) is 11.1 Å². The summed E-state index contributed by atoms with van der Waals surface area (Å²) in [6, 6.07) is 8.72. The van der Waals surface area contributed by atoms with Crippen molar-refractivity contribution in [3.05, 3.63) is 41.7 Å². The molecule has 0 saturated heterocycles. The van der Waals surface area contributed by atoms with Crippen molar-refractivity contribution in [2.45, 2.75) is 40.3 Å². The lowest BCUT2D eigenvalue weighted by molar-refractivity contribution is 0.653. The number of nitrogens with zero attached hydrogens (tertiary/aromatic N) is 2. The largest absolute Gasteiger partial charge is 0.313 e. The van der Waals surface area contributed by atoms with E-state index in [-0.39, 0.29) is 0 Å². The summed E-state index contributed by atoms with van der Waals surface area (Å²) < 4.78 is 1.99. The number of aryl methyl sites for hydroxylation is 2. The molecule has 0 aliphatic heterocycles. The predicted molar refractivity (Wildman–Crippen MR) is 80.1 cm³/mol. The van der Waals surface area contributed by atoms with Gasteiger partial charge in [-0.2, -0.15) is 5.10 Å². The van der Waals surface area contributed by atoms with Crippen LogP contribution in [-0.4, -0.2) is 16.3 Å². The summed E-state index contributed by atoms with van der Waals surface area (Å²) in [6.45, 7) is 9.29. The standard InChI is InChI=1S/C16H23N3/c1-4-9-17-11-14-7-6-8-15(10-14)16-12-19(5-2)18-13(16)3/h6-8,10,12,17H,4-5,9,11H2,1-3H3. The van der Waals surface area contributed by atoms with E-state index in [4.69, 9.17) is 0 Å². The molecule has 0 saturated carbocycles. The van der Waals surface area contributed by atoms with Crippen LogP contribution in [0.3, 0.4) is 0 Å². The topological polar surface area (TPSA) is 29.9 Å². The highest BCUT2D eigenvalue weighted by Crippen LogP contribution is 2.23. The molecule has 0 radical (unpaired) electrons. The van der Waals surface area contributed by atoms with E-state index in [2.05, 4.69) is 61.6 Å². The molecule has 0 atom stereocenters. The van der Waals surface area contributed by atoms with Crippen molar-refractivity contribution in [2.24, 2.45) is 0 Å². The third-order valence-corrected chi connectivity index (χ3v) is 3.26. The van der Waals surface area contributed by atoms with Gasteiger partial charge in [-0.05, 0) is 44.0 Å². The van der Waals surface area contributed by atoms with Crippen LogP contribution in [0.2, 0.25) is 0 Å². The zero-order valence-electron chi connectivity index (χ0n) is 12.1. The smallest absolute Gasteiger partial charge is 0.0672 e. The zero-order chi connectivity index (χ0) is 13.7. The molecule has 19 heavy (non-hydrogen) atoms. The average molecular weight is 257 g/mol. The molecule has 2 rings (SSSR count). The number of nitrogens with one attached hydrogen (secondary N) is 1. The highest BCUT2D eigenvalue weighted by atomic mass is 15.3. The second-order valence-corrected chi connectivity index (χ2v) is 4.86. The van der Waals surface area contributed by atoms with Gasteiger partial charge >= 0.3 is 0 Å². The lowest BCUT2D eigenvalue weighted by Crippen LogP contribution is -2.13. The quantitative estimate of drug-likeness (QED) is 0.804. The Morgan fingerprint density at radius 1 is 1.26 bits per heavy atom. The third-order valence-electron chi connectivity index (χ3n) is 3.26. The Morgan fingerprint density at radius 3 is 2.79 bits per heavy atom. The molecule has 0 aliphatic rings. The molecule has 0 unspecified atom stereocenters. The Morgan fingerprint density at radius 2 is 2.11 bits per heavy atom.